The maximum Gasteiger partial charge on any atom is 0.306 e. The molecule has 0 rings (SSSR count). The molecule has 1 atom stereocenters. The van der Waals surface area contributed by atoms with E-state index in [9.17, 15) is 14.4 Å². The molecule has 0 bridgehead atoms. The molecule has 0 aromatic rings. The molecule has 6 nitrogen and oxygen atoms in total. The van der Waals surface area contributed by atoms with Crippen LogP contribution in [0, 0.1) is 0 Å². The Labute approximate surface area is 518 Å². The van der Waals surface area contributed by atoms with Gasteiger partial charge in [-0.25, -0.2) is 0 Å². The average molecular weight is 1170 g/mol. The van der Waals surface area contributed by atoms with E-state index < -0.39 is 6.10 Å². The molecule has 0 saturated heterocycles. The van der Waals surface area contributed by atoms with Gasteiger partial charge in [0, 0.05) is 19.3 Å². The number of carbonyl (C=O) groups is 3. The molecule has 0 aromatic carbocycles. The van der Waals surface area contributed by atoms with Crippen LogP contribution in [0.1, 0.15) is 419 Å². The van der Waals surface area contributed by atoms with Crippen LogP contribution in [0.25, 0.3) is 0 Å². The van der Waals surface area contributed by atoms with Crippen LogP contribution in [0.15, 0.2) is 36.5 Å². The minimum Gasteiger partial charge on any atom is -0.462 e. The Kier molecular flexibility index (Phi) is 70.0. The second-order valence-electron chi connectivity index (χ2n) is 25.6. The van der Waals surface area contributed by atoms with Crippen molar-refractivity contribution in [3.63, 3.8) is 0 Å². The molecule has 0 heterocycles. The van der Waals surface area contributed by atoms with Crippen molar-refractivity contribution in [1.82, 2.24) is 0 Å². The maximum atomic E-state index is 12.9. The van der Waals surface area contributed by atoms with E-state index in [1.165, 1.54) is 295 Å². The highest BCUT2D eigenvalue weighted by Gasteiger charge is 2.20. The smallest absolute Gasteiger partial charge is 0.306 e. The summed E-state index contributed by atoms with van der Waals surface area (Å²) >= 11 is 0. The van der Waals surface area contributed by atoms with E-state index in [2.05, 4.69) is 57.2 Å². The average Bonchev–Trinajstić information content (AvgIpc) is 3.49. The summed E-state index contributed by atoms with van der Waals surface area (Å²) in [6.07, 6.45) is 90.7. The number of allylic oxidation sites excluding steroid dienone is 6. The van der Waals surface area contributed by atoms with Gasteiger partial charge in [0.05, 0.1) is 0 Å². The van der Waals surface area contributed by atoms with E-state index in [-0.39, 0.29) is 31.1 Å². The molecule has 6 heteroatoms. The first-order valence-electron chi connectivity index (χ1n) is 37.5. The number of ether oxygens (including phenoxy) is 3. The van der Waals surface area contributed by atoms with Gasteiger partial charge in [-0.1, -0.05) is 365 Å². The predicted octanol–water partition coefficient (Wildman–Crippen LogP) is 25.9. The molecule has 0 amide bonds. The lowest BCUT2D eigenvalue weighted by atomic mass is 10.0. The fourth-order valence-electron chi connectivity index (χ4n) is 11.5. The van der Waals surface area contributed by atoms with Gasteiger partial charge in [0.2, 0.25) is 0 Å². The maximum absolute atomic E-state index is 12.9. The second kappa shape index (κ2) is 72.1. The van der Waals surface area contributed by atoms with Gasteiger partial charge in [0.1, 0.15) is 13.2 Å². The van der Waals surface area contributed by atoms with Gasteiger partial charge in [0.15, 0.2) is 6.10 Å². The van der Waals surface area contributed by atoms with E-state index >= 15 is 0 Å². The molecule has 1 unspecified atom stereocenters. The summed E-state index contributed by atoms with van der Waals surface area (Å²) in [5.74, 6) is -0.855. The second-order valence-corrected chi connectivity index (χ2v) is 25.6. The van der Waals surface area contributed by atoms with Crippen molar-refractivity contribution in [1.29, 1.82) is 0 Å². The van der Waals surface area contributed by atoms with Gasteiger partial charge in [-0.15, -0.1) is 0 Å². The lowest BCUT2D eigenvalue weighted by Crippen LogP contribution is -2.30. The monoisotopic (exact) mass is 1170 g/mol. The van der Waals surface area contributed by atoms with E-state index in [0.717, 1.165) is 83.5 Å². The normalized spacial score (nSPS) is 12.2. The Morgan fingerprint density at radius 1 is 0.241 bits per heavy atom. The van der Waals surface area contributed by atoms with Gasteiger partial charge in [-0.05, 0) is 70.6 Å². The molecule has 0 aliphatic rings. The van der Waals surface area contributed by atoms with Crippen molar-refractivity contribution >= 4 is 17.9 Å². The zero-order valence-corrected chi connectivity index (χ0v) is 56.2. The molecule has 0 saturated carbocycles. The van der Waals surface area contributed by atoms with Crippen molar-refractivity contribution in [3.05, 3.63) is 36.5 Å². The van der Waals surface area contributed by atoms with E-state index in [4.69, 9.17) is 14.2 Å². The SMILES string of the molecule is CCC/C=C\C/C=C\CCCCCCCC(=O)OCC(COC(=O)CCCCCCCCCCCCCCCCCCCCCCCCC/C=C\CCCCCCCCCC)OC(=O)CCCCCCCCCCCCCCCCCCC. The zero-order chi connectivity index (χ0) is 59.9. The Balaban J connectivity index is 4.06. The number of unbranched alkanes of at least 4 members (excludes halogenated alkanes) is 53. The third-order valence-corrected chi connectivity index (χ3v) is 17.1. The Hall–Kier alpha value is -2.37. The van der Waals surface area contributed by atoms with Crippen LogP contribution in [0.2, 0.25) is 0 Å². The summed E-state index contributed by atoms with van der Waals surface area (Å²) in [5.41, 5.74) is 0. The van der Waals surface area contributed by atoms with Crippen LogP contribution >= 0.6 is 0 Å². The third-order valence-electron chi connectivity index (χ3n) is 17.1. The fraction of sp³-hybridized carbons (Fsp3) is 0.883. The van der Waals surface area contributed by atoms with Crippen molar-refractivity contribution in [3.8, 4) is 0 Å². The molecule has 0 radical (unpaired) electrons. The molecule has 0 aromatic heterocycles. The number of hydrogen-bond acceptors (Lipinski definition) is 6. The highest BCUT2D eigenvalue weighted by molar-refractivity contribution is 5.71. The molecule has 488 valence electrons. The first kappa shape index (κ1) is 80.6. The molecule has 0 spiro atoms. The van der Waals surface area contributed by atoms with Crippen LogP contribution in [0.3, 0.4) is 0 Å². The summed E-state index contributed by atoms with van der Waals surface area (Å²) in [6, 6.07) is 0. The van der Waals surface area contributed by atoms with Gasteiger partial charge in [-0.3, -0.25) is 14.4 Å². The van der Waals surface area contributed by atoms with E-state index in [1.807, 2.05) is 0 Å². The van der Waals surface area contributed by atoms with Crippen LogP contribution in [0.4, 0.5) is 0 Å². The number of carbonyl (C=O) groups excluding carboxylic acids is 3. The number of hydrogen-bond donors (Lipinski definition) is 0. The molecule has 0 fully saturated rings. The highest BCUT2D eigenvalue weighted by atomic mass is 16.6. The largest absolute Gasteiger partial charge is 0.462 e. The highest BCUT2D eigenvalue weighted by Crippen LogP contribution is 2.19. The van der Waals surface area contributed by atoms with Gasteiger partial charge in [-0.2, -0.15) is 0 Å². The molecule has 0 aliphatic carbocycles. The summed E-state index contributed by atoms with van der Waals surface area (Å²) in [4.78, 5) is 38.4. The quantitative estimate of drug-likeness (QED) is 0.0261. The Morgan fingerprint density at radius 3 is 0.723 bits per heavy atom. The third kappa shape index (κ3) is 70.3. The summed E-state index contributed by atoms with van der Waals surface area (Å²) in [7, 11) is 0. The number of rotatable bonds is 70. The van der Waals surface area contributed by atoms with Crippen LogP contribution in [0.5, 0.6) is 0 Å². The lowest BCUT2D eigenvalue weighted by molar-refractivity contribution is -0.167. The zero-order valence-electron chi connectivity index (χ0n) is 56.2. The first-order valence-corrected chi connectivity index (χ1v) is 37.5. The minimum absolute atomic E-state index is 0.0705. The van der Waals surface area contributed by atoms with Crippen molar-refractivity contribution in [2.45, 2.75) is 425 Å². The minimum atomic E-state index is -0.775. The molecule has 0 aliphatic heterocycles. The first-order chi connectivity index (χ1) is 41.0. The van der Waals surface area contributed by atoms with Crippen LogP contribution in [-0.2, 0) is 28.6 Å². The van der Waals surface area contributed by atoms with Gasteiger partial charge in [0.25, 0.3) is 0 Å². The standard InChI is InChI=1S/C77H144O6/c1-4-7-10-13-16-19-22-25-27-29-30-31-32-33-34-35-36-37-38-39-40-41-42-43-44-45-46-48-49-52-55-58-61-64-67-70-76(79)82-73-74(72-81-75(78)69-66-63-60-57-54-51-24-21-18-15-12-9-6-3)83-77(80)71-68-65-62-59-56-53-50-47-28-26-23-20-17-14-11-8-5-2/h12,15,21,24,29-30,74H,4-11,13-14,16-20,22-23,25-28,31-73H2,1-3H3/b15-12-,24-21-,30-29-. The van der Waals surface area contributed by atoms with Gasteiger partial charge < -0.3 is 14.2 Å². The van der Waals surface area contributed by atoms with Gasteiger partial charge >= 0.3 is 17.9 Å². The predicted molar refractivity (Wildman–Crippen MR) is 362 cm³/mol. The molecular weight excluding hydrogens is 1020 g/mol. The van der Waals surface area contributed by atoms with Crippen molar-refractivity contribution in [2.75, 3.05) is 13.2 Å². The number of esters is 3. The van der Waals surface area contributed by atoms with Crippen LogP contribution < -0.4 is 0 Å². The van der Waals surface area contributed by atoms with Crippen molar-refractivity contribution < 1.29 is 28.6 Å². The summed E-state index contributed by atoms with van der Waals surface area (Å²) in [6.45, 7) is 6.64. The fourth-order valence-corrected chi connectivity index (χ4v) is 11.5. The lowest BCUT2D eigenvalue weighted by Gasteiger charge is -2.18. The summed E-state index contributed by atoms with van der Waals surface area (Å²) < 4.78 is 17.0. The Morgan fingerprint density at radius 2 is 0.458 bits per heavy atom. The van der Waals surface area contributed by atoms with Crippen LogP contribution in [-0.4, -0.2) is 37.2 Å². The summed E-state index contributed by atoms with van der Waals surface area (Å²) in [5, 5.41) is 0. The molecular formula is C77H144O6. The topological polar surface area (TPSA) is 78.9 Å². The van der Waals surface area contributed by atoms with E-state index in [1.54, 1.807) is 0 Å². The van der Waals surface area contributed by atoms with E-state index in [0.29, 0.717) is 19.3 Å². The Bertz CT molecular complexity index is 1380. The molecule has 0 N–H and O–H groups in total. The molecule has 83 heavy (non-hydrogen) atoms. The van der Waals surface area contributed by atoms with Crippen molar-refractivity contribution in [2.24, 2.45) is 0 Å².